The van der Waals surface area contributed by atoms with Gasteiger partial charge in [0.1, 0.15) is 5.52 Å². The van der Waals surface area contributed by atoms with Crippen molar-refractivity contribution in [2.45, 2.75) is 27.3 Å². The van der Waals surface area contributed by atoms with Crippen molar-refractivity contribution in [3.8, 4) is 5.69 Å². The number of rotatable bonds is 2. The third-order valence-corrected chi connectivity index (χ3v) is 3.39. The van der Waals surface area contributed by atoms with Gasteiger partial charge in [0.05, 0.1) is 11.4 Å². The summed E-state index contributed by atoms with van der Waals surface area (Å²) in [6.07, 6.45) is 0. The average molecular weight is 255 g/mol. The quantitative estimate of drug-likeness (QED) is 0.765. The van der Waals surface area contributed by atoms with Crippen molar-refractivity contribution in [2.24, 2.45) is 0 Å². The van der Waals surface area contributed by atoms with Gasteiger partial charge in [-0.3, -0.25) is 4.57 Å². The Morgan fingerprint density at radius 2 is 1.95 bits per heavy atom. The maximum Gasteiger partial charge on any atom is 0.207 e. The van der Waals surface area contributed by atoms with E-state index in [1.807, 2.05) is 28.3 Å². The van der Waals surface area contributed by atoms with E-state index in [1.165, 1.54) is 0 Å². The lowest BCUT2D eigenvalue weighted by atomic mass is 10.2. The van der Waals surface area contributed by atoms with Crippen molar-refractivity contribution in [3.05, 3.63) is 35.5 Å². The summed E-state index contributed by atoms with van der Waals surface area (Å²) < 4.78 is 3.93. The van der Waals surface area contributed by atoms with Crippen molar-refractivity contribution in [1.82, 2.24) is 19.3 Å². The van der Waals surface area contributed by atoms with E-state index < -0.39 is 0 Å². The largest absolute Gasteiger partial charge is 0.369 e. The Morgan fingerprint density at radius 1 is 1.21 bits per heavy atom. The fourth-order valence-electron chi connectivity index (χ4n) is 2.46. The summed E-state index contributed by atoms with van der Waals surface area (Å²) in [7, 11) is 0. The number of benzene rings is 1. The second kappa shape index (κ2) is 4.12. The van der Waals surface area contributed by atoms with Crippen molar-refractivity contribution in [3.63, 3.8) is 0 Å². The molecule has 0 aliphatic carbocycles. The van der Waals surface area contributed by atoms with E-state index in [4.69, 9.17) is 5.73 Å². The molecule has 0 spiro atoms. The number of nitrogens with zero attached hydrogens (tertiary/aromatic N) is 4. The number of para-hydroxylation sites is 1. The molecule has 5 heteroatoms. The minimum Gasteiger partial charge on any atom is -0.369 e. The Balaban J connectivity index is 2.41. The smallest absolute Gasteiger partial charge is 0.207 e. The Labute approximate surface area is 111 Å². The first-order chi connectivity index (χ1) is 9.13. The number of aromatic nitrogens is 4. The van der Waals surface area contributed by atoms with Gasteiger partial charge in [0, 0.05) is 6.54 Å². The maximum absolute atomic E-state index is 6.10. The van der Waals surface area contributed by atoms with Crippen LogP contribution in [0.2, 0.25) is 0 Å². The van der Waals surface area contributed by atoms with Gasteiger partial charge >= 0.3 is 0 Å². The first-order valence-corrected chi connectivity index (χ1v) is 6.40. The lowest BCUT2D eigenvalue weighted by Gasteiger charge is -2.10. The number of nitrogen functional groups attached to an aromatic ring is 1. The van der Waals surface area contributed by atoms with Crippen molar-refractivity contribution < 1.29 is 0 Å². The second-order valence-electron chi connectivity index (χ2n) is 4.67. The van der Waals surface area contributed by atoms with Crippen LogP contribution in [0.5, 0.6) is 0 Å². The summed E-state index contributed by atoms with van der Waals surface area (Å²) in [5.41, 5.74) is 11.1. The number of anilines is 1. The molecule has 1 aromatic carbocycles. The highest BCUT2D eigenvalue weighted by Crippen LogP contribution is 2.26. The van der Waals surface area contributed by atoms with Gasteiger partial charge in [-0.1, -0.05) is 18.2 Å². The normalized spacial score (nSPS) is 11.3. The Hall–Kier alpha value is -2.30. The lowest BCUT2D eigenvalue weighted by molar-refractivity contribution is 0.663. The van der Waals surface area contributed by atoms with Crippen LogP contribution in [0.15, 0.2) is 24.3 Å². The molecule has 2 aromatic heterocycles. The van der Waals surface area contributed by atoms with Crippen molar-refractivity contribution in [1.29, 1.82) is 0 Å². The van der Waals surface area contributed by atoms with Gasteiger partial charge < -0.3 is 5.73 Å². The number of hydrogen-bond acceptors (Lipinski definition) is 3. The minimum absolute atomic E-state index is 0.506. The van der Waals surface area contributed by atoms with Crippen LogP contribution in [-0.4, -0.2) is 19.3 Å². The topological polar surface area (TPSA) is 61.7 Å². The van der Waals surface area contributed by atoms with Crippen LogP contribution in [0.25, 0.3) is 16.9 Å². The molecule has 0 aliphatic heterocycles. The predicted molar refractivity (Wildman–Crippen MR) is 76.4 cm³/mol. The van der Waals surface area contributed by atoms with E-state index >= 15 is 0 Å². The fourth-order valence-corrected chi connectivity index (χ4v) is 2.46. The molecule has 0 bridgehead atoms. The van der Waals surface area contributed by atoms with Crippen LogP contribution in [0.1, 0.15) is 18.2 Å². The highest BCUT2D eigenvalue weighted by Gasteiger charge is 2.18. The van der Waals surface area contributed by atoms with Crippen LogP contribution >= 0.6 is 0 Å². The number of fused-ring (bicyclic) bond motifs is 1. The first kappa shape index (κ1) is 11.8. The van der Waals surface area contributed by atoms with E-state index in [1.54, 1.807) is 0 Å². The molecule has 3 rings (SSSR count). The highest BCUT2D eigenvalue weighted by atomic mass is 15.4. The standard InChI is InChI=1S/C14H17N5/c1-4-18-13-12(10(3)17-18)16-14(15)19(13)11-8-6-5-7-9(11)2/h5-8H,4H2,1-3H3,(H2,15,16). The van der Waals surface area contributed by atoms with Crippen LogP contribution in [0.4, 0.5) is 5.95 Å². The zero-order valence-electron chi connectivity index (χ0n) is 11.4. The van der Waals surface area contributed by atoms with E-state index in [-0.39, 0.29) is 0 Å². The van der Waals surface area contributed by atoms with Gasteiger partial charge in [0.2, 0.25) is 5.95 Å². The molecule has 3 aromatic rings. The Kier molecular flexibility index (Phi) is 2.55. The van der Waals surface area contributed by atoms with E-state index in [9.17, 15) is 0 Å². The molecule has 0 radical (unpaired) electrons. The maximum atomic E-state index is 6.10. The van der Waals surface area contributed by atoms with Gasteiger partial charge in [0.25, 0.3) is 0 Å². The molecule has 2 heterocycles. The summed E-state index contributed by atoms with van der Waals surface area (Å²) in [6, 6.07) is 8.15. The molecule has 0 saturated heterocycles. The average Bonchev–Trinajstić information content (AvgIpc) is 2.88. The zero-order valence-corrected chi connectivity index (χ0v) is 11.4. The molecule has 0 amide bonds. The predicted octanol–water partition coefficient (Wildman–Crippen LogP) is 2.44. The Morgan fingerprint density at radius 3 is 2.63 bits per heavy atom. The highest BCUT2D eigenvalue weighted by molar-refractivity contribution is 5.80. The molecule has 0 saturated carbocycles. The lowest BCUT2D eigenvalue weighted by Crippen LogP contribution is -2.07. The van der Waals surface area contributed by atoms with Crippen molar-refractivity contribution >= 4 is 17.1 Å². The molecular weight excluding hydrogens is 238 g/mol. The number of aryl methyl sites for hydroxylation is 3. The third-order valence-electron chi connectivity index (χ3n) is 3.39. The monoisotopic (exact) mass is 255 g/mol. The van der Waals surface area contributed by atoms with Gasteiger partial charge in [-0.05, 0) is 32.4 Å². The summed E-state index contributed by atoms with van der Waals surface area (Å²) in [5.74, 6) is 0.506. The summed E-state index contributed by atoms with van der Waals surface area (Å²) >= 11 is 0. The van der Waals surface area contributed by atoms with E-state index in [0.29, 0.717) is 5.95 Å². The zero-order chi connectivity index (χ0) is 13.6. The molecule has 0 fully saturated rings. The SMILES string of the molecule is CCn1nc(C)c2nc(N)n(-c3ccccc3C)c21. The summed E-state index contributed by atoms with van der Waals surface area (Å²) in [5, 5.41) is 4.50. The Bertz CT molecular complexity index is 751. The molecule has 2 N–H and O–H groups in total. The molecule has 5 nitrogen and oxygen atoms in total. The third kappa shape index (κ3) is 1.62. The van der Waals surface area contributed by atoms with Crippen LogP contribution < -0.4 is 5.73 Å². The number of hydrogen-bond donors (Lipinski definition) is 1. The second-order valence-corrected chi connectivity index (χ2v) is 4.67. The van der Waals surface area contributed by atoms with Crippen LogP contribution in [0, 0.1) is 13.8 Å². The molecule has 98 valence electrons. The van der Waals surface area contributed by atoms with Crippen LogP contribution in [-0.2, 0) is 6.54 Å². The van der Waals surface area contributed by atoms with Crippen LogP contribution in [0.3, 0.4) is 0 Å². The number of imidazole rings is 1. The van der Waals surface area contributed by atoms with Gasteiger partial charge in [0.15, 0.2) is 5.65 Å². The molecular formula is C14H17N5. The van der Waals surface area contributed by atoms with Crippen molar-refractivity contribution in [2.75, 3.05) is 5.73 Å². The summed E-state index contributed by atoms with van der Waals surface area (Å²) in [4.78, 5) is 4.46. The summed E-state index contributed by atoms with van der Waals surface area (Å²) in [6.45, 7) is 6.89. The van der Waals surface area contributed by atoms with Gasteiger partial charge in [-0.2, -0.15) is 5.10 Å². The first-order valence-electron chi connectivity index (χ1n) is 6.40. The molecule has 0 unspecified atom stereocenters. The fraction of sp³-hybridized carbons (Fsp3) is 0.286. The molecule has 19 heavy (non-hydrogen) atoms. The van der Waals surface area contributed by atoms with Gasteiger partial charge in [-0.25, -0.2) is 9.67 Å². The number of nitrogens with two attached hydrogens (primary N) is 1. The van der Waals surface area contributed by atoms with E-state index in [2.05, 4.69) is 36.1 Å². The van der Waals surface area contributed by atoms with E-state index in [0.717, 1.165) is 34.7 Å². The molecule has 0 aliphatic rings. The molecule has 0 atom stereocenters. The minimum atomic E-state index is 0.506. The van der Waals surface area contributed by atoms with Gasteiger partial charge in [-0.15, -0.1) is 0 Å².